The van der Waals surface area contributed by atoms with E-state index in [0.29, 0.717) is 24.1 Å². The number of aliphatic imine (C=N–C) groups is 1. The first-order valence-corrected chi connectivity index (χ1v) is 10.2. The minimum absolute atomic E-state index is 0.0417. The number of rotatable bonds is 8. The average molecular weight is 430 g/mol. The SMILES string of the molecule is CCNC(=NCC(C)(O)c1cnn(C)c1)NCC(c1ccc(Cl)cc1)n1cccn1. The van der Waals surface area contributed by atoms with Crippen LogP contribution >= 0.6 is 11.6 Å². The second kappa shape index (κ2) is 9.77. The van der Waals surface area contributed by atoms with E-state index in [1.54, 1.807) is 30.2 Å². The quantitative estimate of drug-likeness (QED) is 0.377. The van der Waals surface area contributed by atoms with Crippen molar-refractivity contribution in [1.82, 2.24) is 30.2 Å². The van der Waals surface area contributed by atoms with E-state index in [-0.39, 0.29) is 12.6 Å². The summed E-state index contributed by atoms with van der Waals surface area (Å²) in [5.74, 6) is 0.618. The van der Waals surface area contributed by atoms with Crippen LogP contribution in [0.3, 0.4) is 0 Å². The fraction of sp³-hybridized carbons (Fsp3) is 0.381. The lowest BCUT2D eigenvalue weighted by atomic mass is 10.0. The van der Waals surface area contributed by atoms with Gasteiger partial charge in [0.1, 0.15) is 5.60 Å². The Balaban J connectivity index is 1.74. The Kier molecular flexibility index (Phi) is 7.12. The summed E-state index contributed by atoms with van der Waals surface area (Å²) in [6.45, 7) is 5.19. The van der Waals surface area contributed by atoms with Crippen LogP contribution in [0.15, 0.2) is 60.1 Å². The van der Waals surface area contributed by atoms with Gasteiger partial charge in [-0.05, 0) is 37.6 Å². The summed E-state index contributed by atoms with van der Waals surface area (Å²) >= 11 is 6.05. The largest absolute Gasteiger partial charge is 0.383 e. The monoisotopic (exact) mass is 429 g/mol. The Morgan fingerprint density at radius 1 is 1.27 bits per heavy atom. The van der Waals surface area contributed by atoms with Crippen LogP contribution in [-0.4, -0.2) is 50.3 Å². The first kappa shape index (κ1) is 21.9. The van der Waals surface area contributed by atoms with Crippen molar-refractivity contribution in [3.8, 4) is 0 Å². The van der Waals surface area contributed by atoms with E-state index in [1.165, 1.54) is 0 Å². The molecule has 0 saturated carbocycles. The molecule has 2 aromatic heterocycles. The molecule has 2 atom stereocenters. The zero-order chi connectivity index (χ0) is 21.6. The number of hydrogen-bond donors (Lipinski definition) is 3. The van der Waals surface area contributed by atoms with Crippen LogP contribution in [0.1, 0.15) is 31.0 Å². The molecule has 2 heterocycles. The number of nitrogens with zero attached hydrogens (tertiary/aromatic N) is 5. The van der Waals surface area contributed by atoms with Gasteiger partial charge in [0.25, 0.3) is 0 Å². The normalized spacial score (nSPS) is 14.9. The highest BCUT2D eigenvalue weighted by atomic mass is 35.5. The molecule has 0 aliphatic carbocycles. The summed E-state index contributed by atoms with van der Waals surface area (Å²) in [6.07, 6.45) is 7.14. The number of halogens is 1. The number of aryl methyl sites for hydroxylation is 1. The van der Waals surface area contributed by atoms with Gasteiger partial charge >= 0.3 is 0 Å². The van der Waals surface area contributed by atoms with E-state index in [2.05, 4.69) is 25.8 Å². The van der Waals surface area contributed by atoms with Gasteiger partial charge in [0.05, 0.1) is 18.8 Å². The molecule has 160 valence electrons. The minimum atomic E-state index is -1.12. The van der Waals surface area contributed by atoms with Crippen molar-refractivity contribution in [2.24, 2.45) is 12.0 Å². The third-order valence-corrected chi connectivity index (χ3v) is 5.03. The van der Waals surface area contributed by atoms with E-state index in [0.717, 1.165) is 11.1 Å². The highest BCUT2D eigenvalue weighted by Gasteiger charge is 2.25. The molecule has 9 heteroatoms. The molecular weight excluding hydrogens is 402 g/mol. The van der Waals surface area contributed by atoms with Crippen molar-refractivity contribution in [3.05, 3.63) is 71.3 Å². The molecule has 3 rings (SSSR count). The lowest BCUT2D eigenvalue weighted by Crippen LogP contribution is -2.41. The van der Waals surface area contributed by atoms with Crippen molar-refractivity contribution < 1.29 is 5.11 Å². The predicted octanol–water partition coefficient (Wildman–Crippen LogP) is 2.32. The number of guanidine groups is 1. The summed E-state index contributed by atoms with van der Waals surface area (Å²) in [7, 11) is 1.82. The maximum Gasteiger partial charge on any atom is 0.191 e. The van der Waals surface area contributed by atoms with Crippen LogP contribution in [0.5, 0.6) is 0 Å². The van der Waals surface area contributed by atoms with E-state index in [4.69, 9.17) is 11.6 Å². The summed E-state index contributed by atoms with van der Waals surface area (Å²) in [4.78, 5) is 4.59. The van der Waals surface area contributed by atoms with Gasteiger partial charge in [0.15, 0.2) is 5.96 Å². The molecule has 0 spiro atoms. The highest BCUT2D eigenvalue weighted by Crippen LogP contribution is 2.21. The number of aliphatic hydroxyl groups is 1. The lowest BCUT2D eigenvalue weighted by molar-refractivity contribution is 0.0672. The second-order valence-corrected chi connectivity index (χ2v) is 7.74. The van der Waals surface area contributed by atoms with Crippen LogP contribution in [-0.2, 0) is 12.6 Å². The molecule has 3 N–H and O–H groups in total. The summed E-state index contributed by atoms with van der Waals surface area (Å²) < 4.78 is 3.56. The molecule has 2 unspecified atom stereocenters. The fourth-order valence-corrected chi connectivity index (χ4v) is 3.20. The number of benzene rings is 1. The van der Waals surface area contributed by atoms with Crippen LogP contribution < -0.4 is 10.6 Å². The molecule has 0 aliphatic rings. The first-order chi connectivity index (χ1) is 14.4. The highest BCUT2D eigenvalue weighted by molar-refractivity contribution is 6.30. The molecule has 8 nitrogen and oxygen atoms in total. The van der Waals surface area contributed by atoms with Gasteiger partial charge in [-0.25, -0.2) is 4.99 Å². The predicted molar refractivity (Wildman–Crippen MR) is 119 cm³/mol. The molecule has 3 aromatic rings. The van der Waals surface area contributed by atoms with E-state index >= 15 is 0 Å². The van der Waals surface area contributed by atoms with E-state index in [9.17, 15) is 5.11 Å². The Morgan fingerprint density at radius 3 is 2.63 bits per heavy atom. The Morgan fingerprint density at radius 2 is 2.03 bits per heavy atom. The zero-order valence-corrected chi connectivity index (χ0v) is 18.2. The number of aromatic nitrogens is 4. The van der Waals surface area contributed by atoms with Crippen molar-refractivity contribution >= 4 is 17.6 Å². The van der Waals surface area contributed by atoms with Crippen molar-refractivity contribution in [2.75, 3.05) is 19.6 Å². The molecule has 1 aromatic carbocycles. The van der Waals surface area contributed by atoms with Crippen molar-refractivity contribution in [1.29, 1.82) is 0 Å². The molecule has 0 fully saturated rings. The molecule has 30 heavy (non-hydrogen) atoms. The van der Waals surface area contributed by atoms with Gasteiger partial charge in [0.2, 0.25) is 0 Å². The summed E-state index contributed by atoms with van der Waals surface area (Å²) in [5, 5.41) is 26.6. The number of nitrogens with one attached hydrogen (secondary N) is 2. The van der Waals surface area contributed by atoms with Gasteiger partial charge in [0, 0.05) is 49.3 Å². The van der Waals surface area contributed by atoms with Gasteiger partial charge < -0.3 is 15.7 Å². The maximum atomic E-state index is 10.8. The Bertz CT molecular complexity index is 948. The fourth-order valence-electron chi connectivity index (χ4n) is 3.07. The average Bonchev–Trinajstić information content (AvgIpc) is 3.40. The van der Waals surface area contributed by atoms with E-state index in [1.807, 2.05) is 55.2 Å². The topological polar surface area (TPSA) is 92.3 Å². The molecule has 0 saturated heterocycles. The number of hydrogen-bond acceptors (Lipinski definition) is 4. The maximum absolute atomic E-state index is 10.8. The van der Waals surface area contributed by atoms with Gasteiger partial charge in [-0.2, -0.15) is 10.2 Å². The van der Waals surface area contributed by atoms with E-state index < -0.39 is 5.60 Å². The third-order valence-electron chi connectivity index (χ3n) is 4.78. The van der Waals surface area contributed by atoms with Crippen LogP contribution in [0.2, 0.25) is 5.02 Å². The third kappa shape index (κ3) is 5.61. The lowest BCUT2D eigenvalue weighted by Gasteiger charge is -2.23. The molecule has 0 aliphatic heterocycles. The van der Waals surface area contributed by atoms with Crippen molar-refractivity contribution in [2.45, 2.75) is 25.5 Å². The molecule has 0 radical (unpaired) electrons. The molecule has 0 amide bonds. The van der Waals surface area contributed by atoms with Gasteiger partial charge in [-0.15, -0.1) is 0 Å². The zero-order valence-electron chi connectivity index (χ0n) is 17.5. The Hall–Kier alpha value is -2.84. The summed E-state index contributed by atoms with van der Waals surface area (Å²) in [6, 6.07) is 9.59. The molecule has 0 bridgehead atoms. The van der Waals surface area contributed by atoms with Gasteiger partial charge in [-0.3, -0.25) is 9.36 Å². The molecular formula is C21H28ClN7O. The van der Waals surface area contributed by atoms with Crippen LogP contribution in [0.25, 0.3) is 0 Å². The smallest absolute Gasteiger partial charge is 0.191 e. The van der Waals surface area contributed by atoms with Gasteiger partial charge in [-0.1, -0.05) is 23.7 Å². The van der Waals surface area contributed by atoms with Crippen LogP contribution in [0.4, 0.5) is 0 Å². The summed E-state index contributed by atoms with van der Waals surface area (Å²) in [5.41, 5.74) is 0.683. The Labute approximate surface area is 181 Å². The standard InChI is InChI=1S/C21H28ClN7O/c1-4-23-20(25-15-21(2,30)17-12-27-28(3)14-17)24-13-19(29-11-5-10-26-29)16-6-8-18(22)9-7-16/h5-12,14,19,30H,4,13,15H2,1-3H3,(H2,23,24,25). The van der Waals surface area contributed by atoms with Crippen molar-refractivity contribution in [3.63, 3.8) is 0 Å². The van der Waals surface area contributed by atoms with Crippen LogP contribution in [0, 0.1) is 0 Å². The first-order valence-electron chi connectivity index (χ1n) is 9.87. The minimum Gasteiger partial charge on any atom is -0.383 e. The second-order valence-electron chi connectivity index (χ2n) is 7.31.